The highest BCUT2D eigenvalue weighted by molar-refractivity contribution is 6.39. The van der Waals surface area contributed by atoms with Crippen molar-refractivity contribution in [3.63, 3.8) is 0 Å². The molecule has 30 heavy (non-hydrogen) atoms. The van der Waals surface area contributed by atoms with Gasteiger partial charge in [-0.1, -0.05) is 18.2 Å². The normalized spacial score (nSPS) is 10.3. The van der Waals surface area contributed by atoms with E-state index in [1.54, 1.807) is 43.4 Å². The van der Waals surface area contributed by atoms with Gasteiger partial charge in [-0.05, 0) is 41.8 Å². The van der Waals surface area contributed by atoms with E-state index in [2.05, 4.69) is 20.7 Å². The van der Waals surface area contributed by atoms with Crippen molar-refractivity contribution in [2.24, 2.45) is 0 Å². The van der Waals surface area contributed by atoms with Gasteiger partial charge >= 0.3 is 11.8 Å². The van der Waals surface area contributed by atoms with Crippen LogP contribution in [0.25, 0.3) is 0 Å². The van der Waals surface area contributed by atoms with Crippen molar-refractivity contribution in [2.45, 2.75) is 13.0 Å². The van der Waals surface area contributed by atoms with Crippen LogP contribution < -0.4 is 20.1 Å². The van der Waals surface area contributed by atoms with Crippen molar-refractivity contribution in [1.82, 2.24) is 20.1 Å². The first-order chi connectivity index (χ1) is 14.6. The number of benzene rings is 2. The molecule has 0 radical (unpaired) electrons. The predicted octanol–water partition coefficient (Wildman–Crippen LogP) is 1.64. The molecule has 0 fully saturated rings. The lowest BCUT2D eigenvalue weighted by molar-refractivity contribution is -0.136. The zero-order valence-electron chi connectivity index (χ0n) is 16.8. The second-order valence-electron chi connectivity index (χ2n) is 6.44. The zero-order valence-corrected chi connectivity index (χ0v) is 16.8. The fourth-order valence-corrected chi connectivity index (χ4v) is 2.82. The molecule has 156 valence electrons. The van der Waals surface area contributed by atoms with Gasteiger partial charge in [-0.3, -0.25) is 9.59 Å². The quantitative estimate of drug-likeness (QED) is 0.548. The Hall–Kier alpha value is -3.88. The molecule has 3 aromatic rings. The zero-order chi connectivity index (χ0) is 21.3. The Bertz CT molecular complexity index is 987. The summed E-state index contributed by atoms with van der Waals surface area (Å²) in [6.07, 6.45) is 3.65. The number of carbonyl (C=O) groups is 2. The molecule has 0 aliphatic heterocycles. The first-order valence-electron chi connectivity index (χ1n) is 9.30. The third kappa shape index (κ3) is 5.57. The van der Waals surface area contributed by atoms with E-state index in [0.29, 0.717) is 36.7 Å². The molecule has 2 amide bonds. The van der Waals surface area contributed by atoms with Crippen LogP contribution >= 0.6 is 0 Å². The molecule has 0 saturated heterocycles. The molecule has 0 atom stereocenters. The SMILES string of the molecule is COc1ccc(CCNC(=O)C(=O)Nc2ccc(Cn3cncn3)cc2)cc1OC. The summed E-state index contributed by atoms with van der Waals surface area (Å²) in [6, 6.07) is 12.7. The highest BCUT2D eigenvalue weighted by Gasteiger charge is 2.13. The second-order valence-corrected chi connectivity index (χ2v) is 6.44. The molecular formula is C21H23N5O4. The van der Waals surface area contributed by atoms with Gasteiger partial charge in [-0.15, -0.1) is 0 Å². The number of hydrogen-bond donors (Lipinski definition) is 2. The van der Waals surface area contributed by atoms with Gasteiger partial charge in [0.15, 0.2) is 11.5 Å². The maximum atomic E-state index is 12.1. The van der Waals surface area contributed by atoms with Gasteiger partial charge in [0.1, 0.15) is 12.7 Å². The Morgan fingerprint density at radius 2 is 1.70 bits per heavy atom. The highest BCUT2D eigenvalue weighted by atomic mass is 16.5. The number of methoxy groups -OCH3 is 2. The number of amides is 2. The van der Waals surface area contributed by atoms with Crippen LogP contribution in [0.2, 0.25) is 0 Å². The third-order valence-electron chi connectivity index (χ3n) is 4.38. The van der Waals surface area contributed by atoms with Gasteiger partial charge in [-0.25, -0.2) is 9.67 Å². The fraction of sp³-hybridized carbons (Fsp3) is 0.238. The first kappa shape index (κ1) is 20.8. The van der Waals surface area contributed by atoms with Gasteiger partial charge in [0.2, 0.25) is 0 Å². The molecule has 1 heterocycles. The molecule has 9 heteroatoms. The molecule has 0 spiro atoms. The number of anilines is 1. The average molecular weight is 409 g/mol. The van der Waals surface area contributed by atoms with Gasteiger partial charge in [0.25, 0.3) is 0 Å². The smallest absolute Gasteiger partial charge is 0.313 e. The molecule has 0 aliphatic rings. The van der Waals surface area contributed by atoms with Crippen LogP contribution in [-0.2, 0) is 22.6 Å². The van der Waals surface area contributed by atoms with Gasteiger partial charge in [-0.2, -0.15) is 5.10 Å². The van der Waals surface area contributed by atoms with Crippen molar-refractivity contribution < 1.29 is 19.1 Å². The predicted molar refractivity (Wildman–Crippen MR) is 110 cm³/mol. The van der Waals surface area contributed by atoms with Crippen molar-refractivity contribution >= 4 is 17.5 Å². The molecule has 2 aromatic carbocycles. The Morgan fingerprint density at radius 3 is 2.37 bits per heavy atom. The van der Waals surface area contributed by atoms with Gasteiger partial charge < -0.3 is 20.1 Å². The lowest BCUT2D eigenvalue weighted by atomic mass is 10.1. The van der Waals surface area contributed by atoms with E-state index in [4.69, 9.17) is 9.47 Å². The Labute approximate surface area is 174 Å². The van der Waals surface area contributed by atoms with E-state index in [0.717, 1.165) is 11.1 Å². The lowest BCUT2D eigenvalue weighted by Crippen LogP contribution is -2.36. The van der Waals surface area contributed by atoms with E-state index in [1.165, 1.54) is 6.33 Å². The number of hydrogen-bond acceptors (Lipinski definition) is 6. The topological polar surface area (TPSA) is 107 Å². The maximum absolute atomic E-state index is 12.1. The lowest BCUT2D eigenvalue weighted by Gasteiger charge is -2.10. The van der Waals surface area contributed by atoms with Crippen molar-refractivity contribution in [1.29, 1.82) is 0 Å². The van der Waals surface area contributed by atoms with E-state index >= 15 is 0 Å². The third-order valence-corrected chi connectivity index (χ3v) is 4.38. The number of nitrogens with zero attached hydrogens (tertiary/aromatic N) is 3. The van der Waals surface area contributed by atoms with Gasteiger partial charge in [0.05, 0.1) is 20.8 Å². The first-order valence-corrected chi connectivity index (χ1v) is 9.30. The monoisotopic (exact) mass is 409 g/mol. The minimum atomic E-state index is -0.716. The van der Waals surface area contributed by atoms with Crippen LogP contribution in [0.15, 0.2) is 55.1 Å². The van der Waals surface area contributed by atoms with Crippen molar-refractivity contribution in [3.05, 3.63) is 66.2 Å². The summed E-state index contributed by atoms with van der Waals surface area (Å²) in [6.45, 7) is 0.892. The van der Waals surface area contributed by atoms with Crippen LogP contribution in [0, 0.1) is 0 Å². The standard InChI is InChI=1S/C21H23N5O4/c1-29-18-8-5-15(11-19(18)30-2)9-10-23-20(27)21(28)25-17-6-3-16(4-7-17)12-26-14-22-13-24-26/h3-8,11,13-14H,9-10,12H2,1-2H3,(H,23,27)(H,25,28). The summed E-state index contributed by atoms with van der Waals surface area (Å²) < 4.78 is 12.2. The molecule has 3 rings (SSSR count). The van der Waals surface area contributed by atoms with E-state index in [-0.39, 0.29) is 0 Å². The van der Waals surface area contributed by atoms with E-state index in [1.807, 2.05) is 24.3 Å². The summed E-state index contributed by atoms with van der Waals surface area (Å²) in [5.74, 6) is -0.156. The Balaban J connectivity index is 1.46. The molecule has 0 unspecified atom stereocenters. The second kappa shape index (κ2) is 10.1. The molecule has 1 aromatic heterocycles. The number of carbonyl (C=O) groups excluding carboxylic acids is 2. The molecule has 0 bridgehead atoms. The van der Waals surface area contributed by atoms with Crippen LogP contribution in [-0.4, -0.2) is 47.3 Å². The molecular weight excluding hydrogens is 386 g/mol. The summed E-state index contributed by atoms with van der Waals surface area (Å²) in [7, 11) is 3.13. The minimum Gasteiger partial charge on any atom is -0.493 e. The van der Waals surface area contributed by atoms with Crippen LogP contribution in [0.4, 0.5) is 5.69 Å². The summed E-state index contributed by atoms with van der Waals surface area (Å²) >= 11 is 0. The molecule has 2 N–H and O–H groups in total. The Kier molecular flexibility index (Phi) is 6.99. The van der Waals surface area contributed by atoms with E-state index in [9.17, 15) is 9.59 Å². The average Bonchev–Trinajstić information content (AvgIpc) is 3.28. The van der Waals surface area contributed by atoms with Crippen LogP contribution in [0.5, 0.6) is 11.5 Å². The largest absolute Gasteiger partial charge is 0.493 e. The number of rotatable bonds is 8. The fourth-order valence-electron chi connectivity index (χ4n) is 2.82. The molecule has 9 nitrogen and oxygen atoms in total. The van der Waals surface area contributed by atoms with Crippen LogP contribution in [0.3, 0.4) is 0 Å². The highest BCUT2D eigenvalue weighted by Crippen LogP contribution is 2.27. The minimum absolute atomic E-state index is 0.318. The summed E-state index contributed by atoms with van der Waals surface area (Å²) in [5.41, 5.74) is 2.49. The number of nitrogens with one attached hydrogen (secondary N) is 2. The Morgan fingerprint density at radius 1 is 0.967 bits per heavy atom. The number of ether oxygens (including phenoxy) is 2. The maximum Gasteiger partial charge on any atom is 0.313 e. The number of aromatic nitrogens is 3. The molecule has 0 saturated carbocycles. The van der Waals surface area contributed by atoms with Crippen LogP contribution in [0.1, 0.15) is 11.1 Å². The van der Waals surface area contributed by atoms with E-state index < -0.39 is 11.8 Å². The van der Waals surface area contributed by atoms with Crippen molar-refractivity contribution in [2.75, 3.05) is 26.1 Å². The summed E-state index contributed by atoms with van der Waals surface area (Å²) in [5, 5.41) is 9.25. The van der Waals surface area contributed by atoms with Crippen molar-refractivity contribution in [3.8, 4) is 11.5 Å². The molecule has 0 aliphatic carbocycles. The summed E-state index contributed by atoms with van der Waals surface area (Å²) in [4.78, 5) is 28.0. The van der Waals surface area contributed by atoms with Gasteiger partial charge in [0, 0.05) is 12.2 Å².